The molecule has 8 nitrogen and oxygen atoms in total. The summed E-state index contributed by atoms with van der Waals surface area (Å²) >= 11 is 0. The Labute approximate surface area is 155 Å². The number of pyridine rings is 1. The third kappa shape index (κ3) is 5.18. The molecule has 1 aromatic heterocycles. The molecule has 1 fully saturated rings. The van der Waals surface area contributed by atoms with Crippen LogP contribution in [0.3, 0.4) is 0 Å². The quantitative estimate of drug-likeness (QED) is 0.791. The Bertz CT molecular complexity index is 721. The fourth-order valence-electron chi connectivity index (χ4n) is 2.48. The van der Waals surface area contributed by atoms with Crippen molar-refractivity contribution in [2.45, 2.75) is 32.3 Å². The maximum absolute atomic E-state index is 14.3. The molecule has 2 rings (SSSR count). The van der Waals surface area contributed by atoms with Gasteiger partial charge >= 0.3 is 12.1 Å². The van der Waals surface area contributed by atoms with E-state index in [-0.39, 0.29) is 23.7 Å². The third-order valence-electron chi connectivity index (χ3n) is 3.83. The van der Waals surface area contributed by atoms with Crippen molar-refractivity contribution in [3.05, 3.63) is 17.8 Å². The molecule has 1 atom stereocenters. The van der Waals surface area contributed by atoms with Crippen molar-refractivity contribution < 1.29 is 32.6 Å². The predicted molar refractivity (Wildman–Crippen MR) is 91.7 cm³/mol. The molecular formula is C17H23F2N3O5. The van der Waals surface area contributed by atoms with E-state index in [0.717, 1.165) is 4.90 Å². The molecule has 10 heteroatoms. The number of nitrogens with two attached hydrogens (primary N) is 1. The second kappa shape index (κ2) is 7.53. The molecule has 1 aliphatic rings. The molecule has 0 saturated carbocycles. The van der Waals surface area contributed by atoms with Gasteiger partial charge in [-0.1, -0.05) is 0 Å². The summed E-state index contributed by atoms with van der Waals surface area (Å²) in [5, 5.41) is 0. The first-order valence-corrected chi connectivity index (χ1v) is 8.25. The Morgan fingerprint density at radius 3 is 2.67 bits per heavy atom. The SMILES string of the molecule is COC(=O)c1cnc(N)c(OCC2CN(C(=O)OC(C)(C)C)CC2(F)F)c1. The van der Waals surface area contributed by atoms with E-state index in [9.17, 15) is 18.4 Å². The van der Waals surface area contributed by atoms with E-state index in [0.29, 0.717) is 0 Å². The van der Waals surface area contributed by atoms with Gasteiger partial charge in [0.1, 0.15) is 5.60 Å². The summed E-state index contributed by atoms with van der Waals surface area (Å²) in [6.07, 6.45) is 0.390. The molecule has 0 aromatic carbocycles. The molecule has 2 N–H and O–H groups in total. The van der Waals surface area contributed by atoms with Crippen molar-refractivity contribution in [3.63, 3.8) is 0 Å². The van der Waals surface area contributed by atoms with Crippen molar-refractivity contribution in [1.82, 2.24) is 9.88 Å². The van der Waals surface area contributed by atoms with Crippen LogP contribution in [0.25, 0.3) is 0 Å². The van der Waals surface area contributed by atoms with Crippen molar-refractivity contribution in [1.29, 1.82) is 0 Å². The first-order chi connectivity index (χ1) is 12.4. The number of hydrogen-bond acceptors (Lipinski definition) is 7. The lowest BCUT2D eigenvalue weighted by atomic mass is 10.1. The number of esters is 1. The van der Waals surface area contributed by atoms with Crippen LogP contribution in [0.15, 0.2) is 12.3 Å². The number of halogens is 2. The Hall–Kier alpha value is -2.65. The summed E-state index contributed by atoms with van der Waals surface area (Å²) in [5.74, 6) is -5.13. The molecule has 150 valence electrons. The Balaban J connectivity index is 2.05. The van der Waals surface area contributed by atoms with Crippen LogP contribution in [0.5, 0.6) is 5.75 Å². The minimum absolute atomic E-state index is 0.00980. The van der Waals surface area contributed by atoms with E-state index in [1.54, 1.807) is 20.8 Å². The second-order valence-electron chi connectivity index (χ2n) is 7.23. The van der Waals surface area contributed by atoms with Crippen LogP contribution >= 0.6 is 0 Å². The maximum atomic E-state index is 14.3. The standard InChI is InChI=1S/C17H23F2N3O5/c1-16(2,3)27-15(24)22-7-11(17(18,19)9-22)8-26-12-5-10(14(23)25-4)6-21-13(12)20/h5-6,11H,7-9H2,1-4H3,(H2,20,21). The average Bonchev–Trinajstić information content (AvgIpc) is 2.86. The molecule has 0 radical (unpaired) electrons. The monoisotopic (exact) mass is 387 g/mol. The van der Waals surface area contributed by atoms with Gasteiger partial charge < -0.3 is 24.8 Å². The number of ether oxygens (including phenoxy) is 3. The number of amides is 1. The number of alkyl halides is 2. The highest BCUT2D eigenvalue weighted by Gasteiger charge is 2.50. The van der Waals surface area contributed by atoms with Crippen LogP contribution in [0, 0.1) is 5.92 Å². The lowest BCUT2D eigenvalue weighted by molar-refractivity contribution is -0.0414. The Morgan fingerprint density at radius 2 is 2.07 bits per heavy atom. The number of methoxy groups -OCH3 is 1. The lowest BCUT2D eigenvalue weighted by Crippen LogP contribution is -2.36. The Morgan fingerprint density at radius 1 is 1.41 bits per heavy atom. The average molecular weight is 387 g/mol. The van der Waals surface area contributed by atoms with E-state index >= 15 is 0 Å². The molecule has 0 spiro atoms. The van der Waals surface area contributed by atoms with E-state index < -0.39 is 42.7 Å². The van der Waals surface area contributed by atoms with E-state index in [4.69, 9.17) is 15.2 Å². The van der Waals surface area contributed by atoms with Gasteiger partial charge in [-0.15, -0.1) is 0 Å². The number of anilines is 1. The second-order valence-corrected chi connectivity index (χ2v) is 7.23. The number of likely N-dealkylation sites (tertiary alicyclic amines) is 1. The van der Waals surface area contributed by atoms with Gasteiger partial charge in [-0.3, -0.25) is 0 Å². The fourth-order valence-corrected chi connectivity index (χ4v) is 2.48. The van der Waals surface area contributed by atoms with Gasteiger partial charge in [-0.25, -0.2) is 23.4 Å². The number of aromatic nitrogens is 1. The minimum Gasteiger partial charge on any atom is -0.489 e. The van der Waals surface area contributed by atoms with Crippen LogP contribution in [-0.4, -0.2) is 60.3 Å². The molecule has 1 aliphatic heterocycles. The smallest absolute Gasteiger partial charge is 0.410 e. The molecule has 0 aliphatic carbocycles. The first-order valence-electron chi connectivity index (χ1n) is 8.25. The third-order valence-corrected chi connectivity index (χ3v) is 3.83. The lowest BCUT2D eigenvalue weighted by Gasteiger charge is -2.24. The predicted octanol–water partition coefficient (Wildman–Crippen LogP) is 2.33. The topological polar surface area (TPSA) is 104 Å². The van der Waals surface area contributed by atoms with Crippen molar-refractivity contribution >= 4 is 17.9 Å². The summed E-state index contributed by atoms with van der Waals surface area (Å²) in [4.78, 5) is 28.3. The molecule has 1 amide bonds. The fraction of sp³-hybridized carbons (Fsp3) is 0.588. The summed E-state index contributed by atoms with van der Waals surface area (Å²) < 4.78 is 43.6. The van der Waals surface area contributed by atoms with Gasteiger partial charge in [0.15, 0.2) is 11.6 Å². The van der Waals surface area contributed by atoms with Crippen molar-refractivity contribution in [2.75, 3.05) is 32.5 Å². The van der Waals surface area contributed by atoms with Gasteiger partial charge in [0, 0.05) is 18.8 Å². The molecule has 1 unspecified atom stereocenters. The number of carbonyl (C=O) groups excluding carboxylic acids is 2. The summed E-state index contributed by atoms with van der Waals surface area (Å²) in [6.45, 7) is 3.57. The van der Waals surface area contributed by atoms with Crippen molar-refractivity contribution in [3.8, 4) is 5.75 Å². The molecule has 0 bridgehead atoms. The molecule has 2 heterocycles. The van der Waals surface area contributed by atoms with Crippen LogP contribution in [0.4, 0.5) is 19.4 Å². The zero-order chi connectivity index (χ0) is 20.4. The summed E-state index contributed by atoms with van der Waals surface area (Å²) in [7, 11) is 1.20. The number of nitrogens with zero attached hydrogens (tertiary/aromatic N) is 2. The van der Waals surface area contributed by atoms with Gasteiger partial charge in [0.2, 0.25) is 0 Å². The van der Waals surface area contributed by atoms with Crippen LogP contribution in [-0.2, 0) is 9.47 Å². The van der Waals surface area contributed by atoms with E-state index in [1.807, 2.05) is 0 Å². The number of nitrogen functional groups attached to an aromatic ring is 1. The van der Waals surface area contributed by atoms with Gasteiger partial charge in [0.05, 0.1) is 31.7 Å². The van der Waals surface area contributed by atoms with Crippen LogP contribution < -0.4 is 10.5 Å². The van der Waals surface area contributed by atoms with Crippen molar-refractivity contribution in [2.24, 2.45) is 5.92 Å². The number of carbonyl (C=O) groups is 2. The highest BCUT2D eigenvalue weighted by molar-refractivity contribution is 5.89. The minimum atomic E-state index is -3.15. The highest BCUT2D eigenvalue weighted by Crippen LogP contribution is 2.35. The van der Waals surface area contributed by atoms with Gasteiger partial charge in [-0.05, 0) is 20.8 Å². The maximum Gasteiger partial charge on any atom is 0.410 e. The zero-order valence-corrected chi connectivity index (χ0v) is 15.6. The first kappa shape index (κ1) is 20.7. The summed E-state index contributed by atoms with van der Waals surface area (Å²) in [6, 6.07) is 1.27. The normalized spacial score (nSPS) is 18.9. The van der Waals surface area contributed by atoms with Crippen LogP contribution in [0.1, 0.15) is 31.1 Å². The molecule has 1 aromatic rings. The summed E-state index contributed by atoms with van der Waals surface area (Å²) in [5.41, 5.74) is 4.96. The van der Waals surface area contributed by atoms with Crippen LogP contribution in [0.2, 0.25) is 0 Å². The number of hydrogen-bond donors (Lipinski definition) is 1. The zero-order valence-electron chi connectivity index (χ0n) is 15.6. The van der Waals surface area contributed by atoms with Gasteiger partial charge in [-0.2, -0.15) is 0 Å². The number of rotatable bonds is 4. The van der Waals surface area contributed by atoms with Gasteiger partial charge in [0.25, 0.3) is 5.92 Å². The van der Waals surface area contributed by atoms with E-state index in [1.165, 1.54) is 19.4 Å². The Kier molecular flexibility index (Phi) is 5.76. The highest BCUT2D eigenvalue weighted by atomic mass is 19.3. The molecular weight excluding hydrogens is 364 g/mol. The molecule has 1 saturated heterocycles. The largest absolute Gasteiger partial charge is 0.489 e. The van der Waals surface area contributed by atoms with E-state index in [2.05, 4.69) is 9.72 Å². The molecule has 27 heavy (non-hydrogen) atoms.